The van der Waals surface area contributed by atoms with E-state index in [9.17, 15) is 13.2 Å². The molecular formula is C21H19ClF3N3O. The lowest BCUT2D eigenvalue weighted by Crippen LogP contribution is -2.38. The number of rotatable bonds is 5. The van der Waals surface area contributed by atoms with Gasteiger partial charge in [-0.25, -0.2) is 0 Å². The van der Waals surface area contributed by atoms with Crippen molar-refractivity contribution < 1.29 is 17.9 Å². The first-order valence-electron chi connectivity index (χ1n) is 9.38. The minimum absolute atomic E-state index is 0.217. The summed E-state index contributed by atoms with van der Waals surface area (Å²) >= 11 is 6.05. The molecule has 0 atom stereocenters. The Morgan fingerprint density at radius 3 is 2.21 bits per heavy atom. The number of hydrogen-bond donors (Lipinski definition) is 0. The highest BCUT2D eigenvalue weighted by Gasteiger charge is 2.44. The van der Waals surface area contributed by atoms with Crippen molar-refractivity contribution in [2.75, 3.05) is 0 Å². The summed E-state index contributed by atoms with van der Waals surface area (Å²) in [5.41, 5.74) is 1.62. The van der Waals surface area contributed by atoms with E-state index in [-0.39, 0.29) is 11.2 Å². The summed E-state index contributed by atoms with van der Waals surface area (Å²) < 4.78 is 43.2. The maximum atomic E-state index is 12.4. The van der Waals surface area contributed by atoms with Gasteiger partial charge in [0.1, 0.15) is 11.6 Å². The van der Waals surface area contributed by atoms with Gasteiger partial charge in [-0.15, -0.1) is 23.4 Å². The molecule has 0 amide bonds. The second-order valence-corrected chi connectivity index (χ2v) is 7.54. The summed E-state index contributed by atoms with van der Waals surface area (Å²) in [4.78, 5) is 0. The highest BCUT2D eigenvalue weighted by molar-refractivity contribution is 6.30. The van der Waals surface area contributed by atoms with Crippen LogP contribution in [0.5, 0.6) is 5.75 Å². The number of nitrogens with zero attached hydrogens (tertiary/aromatic N) is 3. The standard InChI is InChI=1S/C21H19ClF3N3O/c1-2-28-18(14-4-10-17(11-5-14)29-21(23,24)25)26-27-19(28)20(12-3-13-20)15-6-8-16(22)9-7-15/h4-11H,2-3,12-13H2,1H3. The zero-order valence-electron chi connectivity index (χ0n) is 15.7. The monoisotopic (exact) mass is 421 g/mol. The third kappa shape index (κ3) is 3.71. The number of halogens is 4. The molecule has 3 aromatic rings. The van der Waals surface area contributed by atoms with E-state index >= 15 is 0 Å². The predicted octanol–water partition coefficient (Wildman–Crippen LogP) is 5.99. The van der Waals surface area contributed by atoms with Crippen LogP contribution in [0.4, 0.5) is 13.2 Å². The zero-order chi connectivity index (χ0) is 20.6. The van der Waals surface area contributed by atoms with E-state index in [1.54, 1.807) is 12.1 Å². The third-order valence-corrected chi connectivity index (χ3v) is 5.70. The van der Waals surface area contributed by atoms with Crippen LogP contribution in [0.15, 0.2) is 48.5 Å². The van der Waals surface area contributed by atoms with Gasteiger partial charge in [-0.2, -0.15) is 0 Å². The summed E-state index contributed by atoms with van der Waals surface area (Å²) in [5, 5.41) is 9.57. The van der Waals surface area contributed by atoms with Crippen molar-refractivity contribution in [1.29, 1.82) is 0 Å². The first-order valence-corrected chi connectivity index (χ1v) is 9.76. The smallest absolute Gasteiger partial charge is 0.406 e. The van der Waals surface area contributed by atoms with E-state index in [0.29, 0.717) is 23.0 Å². The lowest BCUT2D eigenvalue weighted by atomic mass is 9.64. The van der Waals surface area contributed by atoms with Gasteiger partial charge in [-0.05, 0) is 61.7 Å². The number of benzene rings is 2. The van der Waals surface area contributed by atoms with Crippen LogP contribution in [0.1, 0.15) is 37.6 Å². The number of ether oxygens (including phenoxy) is 1. The van der Waals surface area contributed by atoms with Gasteiger partial charge in [-0.3, -0.25) is 0 Å². The Kier molecular flexibility index (Phi) is 5.02. The van der Waals surface area contributed by atoms with Gasteiger partial charge < -0.3 is 9.30 Å². The second kappa shape index (κ2) is 7.37. The molecule has 0 bridgehead atoms. The van der Waals surface area contributed by atoms with Crippen LogP contribution in [0, 0.1) is 0 Å². The van der Waals surface area contributed by atoms with Crippen LogP contribution in [-0.4, -0.2) is 21.1 Å². The second-order valence-electron chi connectivity index (χ2n) is 7.11. The molecule has 0 radical (unpaired) electrons. The van der Waals surface area contributed by atoms with Crippen LogP contribution in [0.2, 0.25) is 5.02 Å². The molecule has 1 aliphatic carbocycles. The number of aromatic nitrogens is 3. The van der Waals surface area contributed by atoms with Crippen LogP contribution in [0.25, 0.3) is 11.4 Å². The molecule has 0 spiro atoms. The molecule has 1 fully saturated rings. The van der Waals surface area contributed by atoms with Crippen LogP contribution in [-0.2, 0) is 12.0 Å². The normalized spacial score (nSPS) is 15.8. The van der Waals surface area contributed by atoms with Crippen molar-refractivity contribution in [2.24, 2.45) is 0 Å². The lowest BCUT2D eigenvalue weighted by molar-refractivity contribution is -0.274. The molecule has 152 valence electrons. The highest BCUT2D eigenvalue weighted by Crippen LogP contribution is 2.49. The van der Waals surface area contributed by atoms with Crippen molar-refractivity contribution >= 4 is 11.6 Å². The van der Waals surface area contributed by atoms with Gasteiger partial charge >= 0.3 is 6.36 Å². The molecule has 0 saturated heterocycles. The maximum Gasteiger partial charge on any atom is 0.573 e. The summed E-state index contributed by atoms with van der Waals surface area (Å²) in [6.45, 7) is 2.65. The maximum absolute atomic E-state index is 12.4. The van der Waals surface area contributed by atoms with Crippen LogP contribution in [0.3, 0.4) is 0 Å². The Labute approximate surface area is 171 Å². The Morgan fingerprint density at radius 1 is 1.03 bits per heavy atom. The molecule has 4 nitrogen and oxygen atoms in total. The van der Waals surface area contributed by atoms with Gasteiger partial charge in [0.2, 0.25) is 0 Å². The molecular weight excluding hydrogens is 403 g/mol. The molecule has 1 heterocycles. The fraction of sp³-hybridized carbons (Fsp3) is 0.333. The fourth-order valence-corrected chi connectivity index (χ4v) is 4.04. The van der Waals surface area contributed by atoms with E-state index in [4.69, 9.17) is 11.6 Å². The van der Waals surface area contributed by atoms with Crippen molar-refractivity contribution in [3.63, 3.8) is 0 Å². The Morgan fingerprint density at radius 2 is 1.69 bits per heavy atom. The van der Waals surface area contributed by atoms with E-state index in [0.717, 1.165) is 30.7 Å². The quantitative estimate of drug-likeness (QED) is 0.508. The highest BCUT2D eigenvalue weighted by atomic mass is 35.5. The SMILES string of the molecule is CCn1c(-c2ccc(OC(F)(F)F)cc2)nnc1C1(c2ccc(Cl)cc2)CCC1. The average Bonchev–Trinajstić information content (AvgIpc) is 3.06. The van der Waals surface area contributed by atoms with Gasteiger partial charge in [-0.1, -0.05) is 30.2 Å². The van der Waals surface area contributed by atoms with E-state index in [2.05, 4.69) is 14.9 Å². The van der Waals surface area contributed by atoms with E-state index < -0.39 is 6.36 Å². The van der Waals surface area contributed by atoms with Gasteiger partial charge in [0, 0.05) is 17.1 Å². The summed E-state index contributed by atoms with van der Waals surface area (Å²) in [6, 6.07) is 13.5. The largest absolute Gasteiger partial charge is 0.573 e. The topological polar surface area (TPSA) is 39.9 Å². The third-order valence-electron chi connectivity index (χ3n) is 5.45. The van der Waals surface area contributed by atoms with E-state index in [1.807, 2.05) is 35.8 Å². The molecule has 2 aromatic carbocycles. The van der Waals surface area contributed by atoms with Gasteiger partial charge in [0.15, 0.2) is 5.82 Å². The molecule has 8 heteroatoms. The number of alkyl halides is 3. The van der Waals surface area contributed by atoms with Crippen LogP contribution < -0.4 is 4.74 Å². The minimum atomic E-state index is -4.71. The van der Waals surface area contributed by atoms with Gasteiger partial charge in [0.25, 0.3) is 0 Å². The van der Waals surface area contributed by atoms with Crippen molar-refractivity contribution in [3.8, 4) is 17.1 Å². The summed E-state index contributed by atoms with van der Waals surface area (Å²) in [7, 11) is 0. The first-order chi connectivity index (χ1) is 13.8. The summed E-state index contributed by atoms with van der Waals surface area (Å²) in [5.74, 6) is 1.24. The zero-order valence-corrected chi connectivity index (χ0v) is 16.5. The average molecular weight is 422 g/mol. The summed E-state index contributed by atoms with van der Waals surface area (Å²) in [6.07, 6.45) is -1.69. The van der Waals surface area contributed by atoms with Crippen molar-refractivity contribution in [2.45, 2.75) is 44.5 Å². The molecule has 1 aliphatic rings. The molecule has 0 aliphatic heterocycles. The molecule has 0 N–H and O–H groups in total. The molecule has 4 rings (SSSR count). The number of hydrogen-bond acceptors (Lipinski definition) is 3. The lowest BCUT2D eigenvalue weighted by Gasteiger charge is -2.41. The van der Waals surface area contributed by atoms with Crippen LogP contribution >= 0.6 is 11.6 Å². The van der Waals surface area contributed by atoms with E-state index in [1.165, 1.54) is 12.1 Å². The minimum Gasteiger partial charge on any atom is -0.406 e. The molecule has 0 unspecified atom stereocenters. The van der Waals surface area contributed by atoms with Crippen molar-refractivity contribution in [3.05, 3.63) is 64.9 Å². The Balaban J connectivity index is 1.70. The Hall–Kier alpha value is -2.54. The van der Waals surface area contributed by atoms with Crippen molar-refractivity contribution in [1.82, 2.24) is 14.8 Å². The predicted molar refractivity (Wildman–Crippen MR) is 104 cm³/mol. The molecule has 29 heavy (non-hydrogen) atoms. The van der Waals surface area contributed by atoms with Gasteiger partial charge in [0.05, 0.1) is 5.41 Å². The first kappa shape index (κ1) is 19.8. The molecule has 1 saturated carbocycles. The Bertz CT molecular complexity index is 994. The molecule has 1 aromatic heterocycles. The fourth-order valence-electron chi connectivity index (χ4n) is 3.92.